The van der Waals surface area contributed by atoms with Crippen molar-refractivity contribution in [3.63, 3.8) is 0 Å². The number of para-hydroxylation sites is 2. The van der Waals surface area contributed by atoms with E-state index in [1.165, 1.54) is 7.11 Å². The standard InChI is InChI=1S/C17H16BrN3O4S/c1-24-13-8-4-5-9-14(13)25-10-15(22)20-21-17(26)19-16(23)11-6-2-3-7-12(11)18/h2-9H,10H2,1H3,(H,20,22)(H2,19,21,23,26). The van der Waals surface area contributed by atoms with Crippen LogP contribution < -0.4 is 25.6 Å². The van der Waals surface area contributed by atoms with E-state index in [9.17, 15) is 9.59 Å². The Morgan fingerprint density at radius 2 is 1.69 bits per heavy atom. The minimum atomic E-state index is -0.478. The Balaban J connectivity index is 1.77. The van der Waals surface area contributed by atoms with E-state index in [1.54, 1.807) is 48.5 Å². The largest absolute Gasteiger partial charge is 0.493 e. The van der Waals surface area contributed by atoms with Crippen molar-refractivity contribution in [2.45, 2.75) is 0 Å². The van der Waals surface area contributed by atoms with Gasteiger partial charge in [0.15, 0.2) is 23.2 Å². The van der Waals surface area contributed by atoms with E-state index in [1.807, 2.05) is 0 Å². The highest BCUT2D eigenvalue weighted by Crippen LogP contribution is 2.25. The molecule has 0 spiro atoms. The lowest BCUT2D eigenvalue weighted by atomic mass is 10.2. The molecule has 2 aromatic carbocycles. The lowest BCUT2D eigenvalue weighted by Crippen LogP contribution is -2.49. The predicted molar refractivity (Wildman–Crippen MR) is 104 cm³/mol. The Bertz CT molecular complexity index is 816. The molecule has 2 amide bonds. The molecule has 0 fully saturated rings. The number of carbonyl (C=O) groups is 2. The third-order valence-corrected chi connectivity index (χ3v) is 3.98. The van der Waals surface area contributed by atoms with E-state index < -0.39 is 11.8 Å². The summed E-state index contributed by atoms with van der Waals surface area (Å²) in [6.07, 6.45) is 0. The first-order valence-corrected chi connectivity index (χ1v) is 8.62. The maximum absolute atomic E-state index is 12.1. The number of ether oxygens (including phenoxy) is 2. The molecule has 2 rings (SSSR count). The summed E-state index contributed by atoms with van der Waals surface area (Å²) in [6.45, 7) is -0.256. The van der Waals surface area contributed by atoms with Gasteiger partial charge in [-0.3, -0.25) is 25.8 Å². The predicted octanol–water partition coefficient (Wildman–Crippen LogP) is 2.17. The lowest BCUT2D eigenvalue weighted by Gasteiger charge is -2.13. The molecule has 3 N–H and O–H groups in total. The van der Waals surface area contributed by atoms with Gasteiger partial charge in [-0.1, -0.05) is 24.3 Å². The molecule has 9 heteroatoms. The molecule has 0 atom stereocenters. The van der Waals surface area contributed by atoms with Crippen LogP contribution >= 0.6 is 28.1 Å². The van der Waals surface area contributed by atoms with Crippen LogP contribution in [0, 0.1) is 0 Å². The Kier molecular flexibility index (Phi) is 7.37. The van der Waals surface area contributed by atoms with E-state index in [0.717, 1.165) is 0 Å². The molecule has 136 valence electrons. The van der Waals surface area contributed by atoms with Gasteiger partial charge in [-0.05, 0) is 52.4 Å². The molecule has 0 aliphatic rings. The maximum atomic E-state index is 12.1. The van der Waals surface area contributed by atoms with Crippen molar-refractivity contribution >= 4 is 45.1 Å². The van der Waals surface area contributed by atoms with Gasteiger partial charge in [0.05, 0.1) is 12.7 Å². The van der Waals surface area contributed by atoms with Crippen molar-refractivity contribution in [1.29, 1.82) is 0 Å². The zero-order valence-corrected chi connectivity index (χ0v) is 16.1. The molecule has 0 radical (unpaired) electrons. The SMILES string of the molecule is COc1ccccc1OCC(=O)NNC(=S)NC(=O)c1ccccc1Br. The monoisotopic (exact) mass is 437 g/mol. The van der Waals surface area contributed by atoms with Crippen LogP contribution in [0.3, 0.4) is 0 Å². The summed E-state index contributed by atoms with van der Waals surface area (Å²) in [6, 6.07) is 13.9. The molecule has 0 aliphatic heterocycles. The van der Waals surface area contributed by atoms with Gasteiger partial charge in [-0.2, -0.15) is 0 Å². The average molecular weight is 438 g/mol. The van der Waals surface area contributed by atoms with E-state index in [-0.39, 0.29) is 11.7 Å². The number of carbonyl (C=O) groups excluding carboxylic acids is 2. The number of hydrazine groups is 1. The van der Waals surface area contributed by atoms with Crippen molar-refractivity contribution in [2.24, 2.45) is 0 Å². The molecule has 26 heavy (non-hydrogen) atoms. The molecule has 7 nitrogen and oxygen atoms in total. The summed E-state index contributed by atoms with van der Waals surface area (Å²) < 4.78 is 11.1. The van der Waals surface area contributed by atoms with Crippen molar-refractivity contribution in [3.8, 4) is 11.5 Å². The van der Waals surface area contributed by atoms with Crippen molar-refractivity contribution < 1.29 is 19.1 Å². The minimum absolute atomic E-state index is 0.0450. The van der Waals surface area contributed by atoms with E-state index >= 15 is 0 Å². The Morgan fingerprint density at radius 3 is 2.38 bits per heavy atom. The minimum Gasteiger partial charge on any atom is -0.493 e. The molecule has 0 bridgehead atoms. The number of methoxy groups -OCH3 is 1. The number of benzene rings is 2. The smallest absolute Gasteiger partial charge is 0.276 e. The van der Waals surface area contributed by atoms with Crippen LogP contribution in [-0.4, -0.2) is 30.6 Å². The van der Waals surface area contributed by atoms with Crippen LogP contribution in [0.1, 0.15) is 10.4 Å². The first kappa shape index (κ1) is 19.7. The fourth-order valence-electron chi connectivity index (χ4n) is 1.89. The number of thiocarbonyl (C=S) groups is 1. The fraction of sp³-hybridized carbons (Fsp3) is 0.118. The van der Waals surface area contributed by atoms with E-state index in [2.05, 4.69) is 32.1 Å². The number of amides is 2. The van der Waals surface area contributed by atoms with Crippen molar-refractivity contribution in [1.82, 2.24) is 16.2 Å². The first-order valence-electron chi connectivity index (χ1n) is 7.41. The number of rotatable bonds is 5. The number of hydrogen-bond acceptors (Lipinski definition) is 5. The van der Waals surface area contributed by atoms with Gasteiger partial charge >= 0.3 is 0 Å². The summed E-state index contributed by atoms with van der Waals surface area (Å²) in [4.78, 5) is 23.9. The average Bonchev–Trinajstić information content (AvgIpc) is 2.65. The Morgan fingerprint density at radius 1 is 1.04 bits per heavy atom. The molecule has 0 aromatic heterocycles. The Hall–Kier alpha value is -2.65. The zero-order valence-electron chi connectivity index (χ0n) is 13.7. The third-order valence-electron chi connectivity index (χ3n) is 3.09. The van der Waals surface area contributed by atoms with Gasteiger partial charge in [0, 0.05) is 4.47 Å². The number of halogens is 1. The van der Waals surface area contributed by atoms with Gasteiger partial charge in [0.1, 0.15) is 0 Å². The normalized spacial score (nSPS) is 9.77. The molecule has 0 saturated carbocycles. The van der Waals surface area contributed by atoms with Gasteiger partial charge in [-0.15, -0.1) is 0 Å². The quantitative estimate of drug-likeness (QED) is 0.490. The second-order valence-corrected chi connectivity index (χ2v) is 6.14. The molecule has 0 unspecified atom stereocenters. The summed E-state index contributed by atoms with van der Waals surface area (Å²) in [5.41, 5.74) is 5.20. The summed E-state index contributed by atoms with van der Waals surface area (Å²) in [7, 11) is 1.51. The molecule has 0 saturated heterocycles. The second-order valence-electron chi connectivity index (χ2n) is 4.88. The topological polar surface area (TPSA) is 88.7 Å². The summed E-state index contributed by atoms with van der Waals surface area (Å²) in [5, 5.41) is 2.42. The van der Waals surface area contributed by atoms with Crippen LogP contribution in [0.5, 0.6) is 11.5 Å². The molecular weight excluding hydrogens is 422 g/mol. The highest BCUT2D eigenvalue weighted by Gasteiger charge is 2.12. The van der Waals surface area contributed by atoms with E-state index in [4.69, 9.17) is 21.7 Å². The van der Waals surface area contributed by atoms with Crippen LogP contribution in [0.25, 0.3) is 0 Å². The van der Waals surface area contributed by atoms with Crippen LogP contribution in [0.15, 0.2) is 53.0 Å². The third kappa shape index (κ3) is 5.71. The molecule has 2 aromatic rings. The number of nitrogens with one attached hydrogen (secondary N) is 3. The Labute approximate surface area is 164 Å². The molecular formula is C17H16BrN3O4S. The van der Waals surface area contributed by atoms with Gasteiger partial charge in [-0.25, -0.2) is 0 Å². The lowest BCUT2D eigenvalue weighted by molar-refractivity contribution is -0.123. The van der Waals surface area contributed by atoms with Gasteiger partial charge < -0.3 is 9.47 Å². The fourth-order valence-corrected chi connectivity index (χ4v) is 2.50. The number of hydrogen-bond donors (Lipinski definition) is 3. The van der Waals surface area contributed by atoms with Crippen LogP contribution in [0.4, 0.5) is 0 Å². The van der Waals surface area contributed by atoms with Crippen molar-refractivity contribution in [3.05, 3.63) is 58.6 Å². The van der Waals surface area contributed by atoms with E-state index in [0.29, 0.717) is 21.5 Å². The van der Waals surface area contributed by atoms with Crippen LogP contribution in [-0.2, 0) is 4.79 Å². The summed E-state index contributed by atoms with van der Waals surface area (Å²) in [5.74, 6) is 0.0716. The zero-order chi connectivity index (χ0) is 18.9. The summed E-state index contributed by atoms with van der Waals surface area (Å²) >= 11 is 8.26. The van der Waals surface area contributed by atoms with Crippen molar-refractivity contribution in [2.75, 3.05) is 13.7 Å². The molecule has 0 aliphatic carbocycles. The second kappa shape index (κ2) is 9.73. The first-order chi connectivity index (χ1) is 12.5. The van der Waals surface area contributed by atoms with Gasteiger partial charge in [0.25, 0.3) is 11.8 Å². The maximum Gasteiger partial charge on any atom is 0.276 e. The molecule has 0 heterocycles. The highest BCUT2D eigenvalue weighted by atomic mass is 79.9. The van der Waals surface area contributed by atoms with Gasteiger partial charge in [0.2, 0.25) is 0 Å². The highest BCUT2D eigenvalue weighted by molar-refractivity contribution is 9.10. The van der Waals surface area contributed by atoms with Crippen LogP contribution in [0.2, 0.25) is 0 Å².